The van der Waals surface area contributed by atoms with Gasteiger partial charge < -0.3 is 10.2 Å². The first-order valence-corrected chi connectivity index (χ1v) is 6.07. The minimum atomic E-state index is -0.146. The van der Waals surface area contributed by atoms with Crippen LogP contribution in [0.3, 0.4) is 0 Å². The molecule has 0 saturated carbocycles. The Labute approximate surface area is 109 Å². The van der Waals surface area contributed by atoms with Gasteiger partial charge in [0.15, 0.2) is 0 Å². The van der Waals surface area contributed by atoms with Crippen molar-refractivity contribution in [1.29, 1.82) is 5.26 Å². The van der Waals surface area contributed by atoms with Gasteiger partial charge in [0.05, 0.1) is 19.2 Å². The maximum absolute atomic E-state index is 11.7. The molecule has 0 aliphatic carbocycles. The largest absolute Gasteiger partial charge is 0.355 e. The van der Waals surface area contributed by atoms with Crippen molar-refractivity contribution >= 4 is 11.8 Å². The van der Waals surface area contributed by atoms with Crippen LogP contribution in [0.1, 0.15) is 19.8 Å². The minimum Gasteiger partial charge on any atom is -0.355 e. The van der Waals surface area contributed by atoms with Crippen LogP contribution in [0.5, 0.6) is 0 Å². The summed E-state index contributed by atoms with van der Waals surface area (Å²) in [6.45, 7) is 3.45. The fourth-order valence-corrected chi connectivity index (χ4v) is 1.30. The minimum absolute atomic E-state index is 0.0743. The molecule has 0 aliphatic heterocycles. The summed E-state index contributed by atoms with van der Waals surface area (Å²) in [5, 5.41) is 11.2. The molecule has 6 nitrogen and oxygen atoms in total. The van der Waals surface area contributed by atoms with Gasteiger partial charge in [0.25, 0.3) is 0 Å². The van der Waals surface area contributed by atoms with Crippen LogP contribution >= 0.6 is 0 Å². The van der Waals surface area contributed by atoms with E-state index in [1.807, 2.05) is 13.0 Å². The molecule has 0 spiro atoms. The van der Waals surface area contributed by atoms with Gasteiger partial charge in [-0.3, -0.25) is 14.5 Å². The summed E-state index contributed by atoms with van der Waals surface area (Å²) in [7, 11) is 3.38. The first kappa shape index (κ1) is 16.4. The summed E-state index contributed by atoms with van der Waals surface area (Å²) in [5.74, 6) is -0.269. The molecule has 0 atom stereocenters. The first-order valence-electron chi connectivity index (χ1n) is 6.07. The quantitative estimate of drug-likeness (QED) is 0.651. The number of nitrogens with one attached hydrogen (secondary N) is 1. The molecule has 0 heterocycles. The highest BCUT2D eigenvalue weighted by atomic mass is 16.2. The molecule has 0 aromatic heterocycles. The SMILES string of the molecule is CCCNC(=O)CN(C)C(=O)CN(C)CCC#N. The summed E-state index contributed by atoms with van der Waals surface area (Å²) < 4.78 is 0. The second-order valence-electron chi connectivity index (χ2n) is 4.25. The van der Waals surface area contributed by atoms with Gasteiger partial charge in [-0.2, -0.15) is 5.26 Å². The third kappa shape index (κ3) is 7.63. The Morgan fingerprint density at radius 3 is 2.50 bits per heavy atom. The van der Waals surface area contributed by atoms with Crippen LogP contribution in [-0.2, 0) is 9.59 Å². The molecule has 6 heteroatoms. The van der Waals surface area contributed by atoms with Crippen molar-refractivity contribution in [1.82, 2.24) is 15.1 Å². The molecule has 1 N–H and O–H groups in total. The normalized spacial score (nSPS) is 9.94. The van der Waals surface area contributed by atoms with Gasteiger partial charge in [-0.25, -0.2) is 0 Å². The Morgan fingerprint density at radius 1 is 1.28 bits per heavy atom. The predicted octanol–water partition coefficient (Wildman–Crippen LogP) is -0.184. The number of rotatable bonds is 8. The van der Waals surface area contributed by atoms with Crippen molar-refractivity contribution in [3.8, 4) is 6.07 Å². The molecule has 0 fully saturated rings. The molecule has 0 bridgehead atoms. The lowest BCUT2D eigenvalue weighted by Crippen LogP contribution is -2.42. The fourth-order valence-electron chi connectivity index (χ4n) is 1.30. The molecule has 18 heavy (non-hydrogen) atoms. The second-order valence-corrected chi connectivity index (χ2v) is 4.25. The summed E-state index contributed by atoms with van der Waals surface area (Å²) in [4.78, 5) is 26.3. The zero-order valence-electron chi connectivity index (χ0n) is 11.4. The summed E-state index contributed by atoms with van der Waals surface area (Å²) in [6, 6.07) is 2.03. The van der Waals surface area contributed by atoms with E-state index in [1.54, 1.807) is 19.0 Å². The Hall–Kier alpha value is -1.61. The van der Waals surface area contributed by atoms with E-state index in [-0.39, 0.29) is 24.9 Å². The van der Waals surface area contributed by atoms with E-state index >= 15 is 0 Å². The lowest BCUT2D eigenvalue weighted by molar-refractivity contribution is -0.135. The smallest absolute Gasteiger partial charge is 0.239 e. The van der Waals surface area contributed by atoms with Crippen LogP contribution in [0, 0.1) is 11.3 Å². The van der Waals surface area contributed by atoms with Gasteiger partial charge >= 0.3 is 0 Å². The average molecular weight is 254 g/mol. The number of hydrogen-bond donors (Lipinski definition) is 1. The molecule has 0 rings (SSSR count). The molecule has 0 aromatic carbocycles. The van der Waals surface area contributed by atoms with Crippen molar-refractivity contribution in [2.75, 3.05) is 40.3 Å². The number of carbonyl (C=O) groups excluding carboxylic acids is 2. The molecule has 0 aromatic rings. The van der Waals surface area contributed by atoms with E-state index in [0.717, 1.165) is 6.42 Å². The van der Waals surface area contributed by atoms with Gasteiger partial charge in [-0.05, 0) is 13.5 Å². The highest BCUT2D eigenvalue weighted by Crippen LogP contribution is 1.91. The maximum Gasteiger partial charge on any atom is 0.239 e. The van der Waals surface area contributed by atoms with Crippen LogP contribution in [0.15, 0.2) is 0 Å². The summed E-state index contributed by atoms with van der Waals surface area (Å²) in [6.07, 6.45) is 1.27. The van der Waals surface area contributed by atoms with Gasteiger partial charge in [-0.1, -0.05) is 6.92 Å². The lowest BCUT2D eigenvalue weighted by Gasteiger charge is -2.20. The van der Waals surface area contributed by atoms with Crippen LogP contribution < -0.4 is 5.32 Å². The molecule has 102 valence electrons. The van der Waals surface area contributed by atoms with E-state index in [2.05, 4.69) is 5.32 Å². The van der Waals surface area contributed by atoms with Crippen molar-refractivity contribution in [2.45, 2.75) is 19.8 Å². The number of likely N-dealkylation sites (N-methyl/N-ethyl adjacent to an activating group) is 2. The number of amides is 2. The number of hydrogen-bond acceptors (Lipinski definition) is 4. The van der Waals surface area contributed by atoms with Gasteiger partial charge in [0.2, 0.25) is 11.8 Å². The van der Waals surface area contributed by atoms with Crippen LogP contribution in [0.4, 0.5) is 0 Å². The molecular weight excluding hydrogens is 232 g/mol. The Balaban J connectivity index is 3.95. The van der Waals surface area contributed by atoms with E-state index in [9.17, 15) is 9.59 Å². The lowest BCUT2D eigenvalue weighted by atomic mass is 10.4. The monoisotopic (exact) mass is 254 g/mol. The number of nitriles is 1. The molecule has 0 saturated heterocycles. The fraction of sp³-hybridized carbons (Fsp3) is 0.750. The average Bonchev–Trinajstić information content (AvgIpc) is 2.33. The second kappa shape index (κ2) is 9.42. The Kier molecular flexibility index (Phi) is 8.58. The highest BCUT2D eigenvalue weighted by molar-refractivity contribution is 5.85. The topological polar surface area (TPSA) is 76.4 Å². The van der Waals surface area contributed by atoms with Crippen LogP contribution in [0.25, 0.3) is 0 Å². The van der Waals surface area contributed by atoms with Crippen molar-refractivity contribution in [3.63, 3.8) is 0 Å². The van der Waals surface area contributed by atoms with Gasteiger partial charge in [-0.15, -0.1) is 0 Å². The van der Waals surface area contributed by atoms with Crippen molar-refractivity contribution in [3.05, 3.63) is 0 Å². The Morgan fingerprint density at radius 2 is 1.94 bits per heavy atom. The van der Waals surface area contributed by atoms with Crippen LogP contribution in [0.2, 0.25) is 0 Å². The predicted molar refractivity (Wildman–Crippen MR) is 68.7 cm³/mol. The molecule has 0 unspecified atom stereocenters. The highest BCUT2D eigenvalue weighted by Gasteiger charge is 2.14. The van der Waals surface area contributed by atoms with E-state index in [1.165, 1.54) is 4.90 Å². The third-order valence-electron chi connectivity index (χ3n) is 2.39. The molecular formula is C12H22N4O2. The number of nitrogens with zero attached hydrogens (tertiary/aromatic N) is 3. The molecule has 2 amide bonds. The zero-order chi connectivity index (χ0) is 14.0. The zero-order valence-corrected chi connectivity index (χ0v) is 11.4. The van der Waals surface area contributed by atoms with Gasteiger partial charge in [0.1, 0.15) is 0 Å². The van der Waals surface area contributed by atoms with E-state index in [0.29, 0.717) is 19.5 Å². The van der Waals surface area contributed by atoms with E-state index < -0.39 is 0 Å². The summed E-state index contributed by atoms with van der Waals surface area (Å²) in [5.41, 5.74) is 0. The summed E-state index contributed by atoms with van der Waals surface area (Å²) >= 11 is 0. The van der Waals surface area contributed by atoms with Gasteiger partial charge in [0, 0.05) is 26.6 Å². The van der Waals surface area contributed by atoms with E-state index in [4.69, 9.17) is 5.26 Å². The maximum atomic E-state index is 11.7. The van der Waals surface area contributed by atoms with Crippen molar-refractivity contribution in [2.24, 2.45) is 0 Å². The Bertz CT molecular complexity index is 312. The molecule has 0 radical (unpaired) electrons. The third-order valence-corrected chi connectivity index (χ3v) is 2.39. The van der Waals surface area contributed by atoms with Crippen molar-refractivity contribution < 1.29 is 9.59 Å². The standard InChI is InChI=1S/C12H22N4O2/c1-4-7-14-11(17)9-16(3)12(18)10-15(2)8-5-6-13/h4-5,7-10H2,1-3H3,(H,14,17). The van der Waals surface area contributed by atoms with Crippen LogP contribution in [-0.4, -0.2) is 61.9 Å². The number of carbonyl (C=O) groups is 2. The molecule has 0 aliphatic rings. The first-order chi connectivity index (χ1) is 8.51.